The van der Waals surface area contributed by atoms with E-state index in [-0.39, 0.29) is 6.10 Å². The lowest BCUT2D eigenvalue weighted by Gasteiger charge is -2.33. The van der Waals surface area contributed by atoms with Crippen molar-refractivity contribution in [2.45, 2.75) is 44.9 Å². The van der Waals surface area contributed by atoms with E-state index in [0.717, 1.165) is 10.8 Å². The van der Waals surface area contributed by atoms with Crippen LogP contribution in [0.2, 0.25) is 0 Å². The topological polar surface area (TPSA) is 47.9 Å². The van der Waals surface area contributed by atoms with E-state index in [0.29, 0.717) is 0 Å². The highest BCUT2D eigenvalue weighted by atomic mass is 127. The van der Waals surface area contributed by atoms with Gasteiger partial charge in [0.25, 0.3) is 0 Å². The van der Waals surface area contributed by atoms with E-state index in [2.05, 4.69) is 22.6 Å². The number of hydrogen-bond acceptors (Lipinski definition) is 4. The monoisotopic (exact) mass is 314 g/mol. The Morgan fingerprint density at radius 1 is 1.36 bits per heavy atom. The molecule has 0 bridgehead atoms. The van der Waals surface area contributed by atoms with Gasteiger partial charge in [0.05, 0.1) is 11.5 Å². The number of alkyl halides is 1. The molecule has 0 unspecified atom stereocenters. The first-order valence-corrected chi connectivity index (χ1v) is 6.20. The number of ether oxygens (including phenoxy) is 1. The molecule has 0 spiro atoms. The van der Waals surface area contributed by atoms with Crippen LogP contribution in [0, 0.1) is 5.41 Å². The van der Waals surface area contributed by atoms with Gasteiger partial charge >= 0.3 is 0 Å². The van der Waals surface area contributed by atoms with E-state index in [1.54, 1.807) is 6.92 Å². The van der Waals surface area contributed by atoms with Gasteiger partial charge in [0.1, 0.15) is 0 Å². The van der Waals surface area contributed by atoms with Gasteiger partial charge in [-0.05, 0) is 27.2 Å². The van der Waals surface area contributed by atoms with Gasteiger partial charge in [-0.25, -0.2) is 0 Å². The van der Waals surface area contributed by atoms with E-state index < -0.39 is 17.0 Å². The van der Waals surface area contributed by atoms with Crippen molar-refractivity contribution in [3.63, 3.8) is 0 Å². The molecule has 2 aliphatic rings. The van der Waals surface area contributed by atoms with Crippen molar-refractivity contribution in [2.75, 3.05) is 4.43 Å². The fourth-order valence-electron chi connectivity index (χ4n) is 2.19. The van der Waals surface area contributed by atoms with Crippen LogP contribution in [0.1, 0.15) is 27.2 Å². The number of rotatable bonds is 1. The van der Waals surface area contributed by atoms with E-state index in [4.69, 9.17) is 14.5 Å². The standard InChI is InChI=1S/C9H15IO4/c1-7-4-6(5-10)12-9(7,3)14-13-8(7,2)11/h6,11H,4-5H2,1-3H3/t6-,7-,8+,9+/m1/s1. The zero-order valence-electron chi connectivity index (χ0n) is 8.54. The van der Waals surface area contributed by atoms with E-state index in [1.807, 2.05) is 13.8 Å². The highest BCUT2D eigenvalue weighted by molar-refractivity contribution is 14.1. The quantitative estimate of drug-likeness (QED) is 0.454. The van der Waals surface area contributed by atoms with E-state index >= 15 is 0 Å². The molecule has 5 heteroatoms. The molecule has 0 aromatic heterocycles. The van der Waals surface area contributed by atoms with Crippen LogP contribution in [0.5, 0.6) is 0 Å². The molecule has 2 fully saturated rings. The Labute approximate surface area is 97.0 Å². The van der Waals surface area contributed by atoms with Crippen LogP contribution in [0.15, 0.2) is 0 Å². The van der Waals surface area contributed by atoms with Gasteiger partial charge < -0.3 is 9.84 Å². The Kier molecular flexibility index (Phi) is 2.40. The lowest BCUT2D eigenvalue weighted by atomic mass is 9.74. The van der Waals surface area contributed by atoms with Gasteiger partial charge in [0.15, 0.2) is 0 Å². The van der Waals surface area contributed by atoms with E-state index in [1.165, 1.54) is 0 Å². The molecule has 4 atom stereocenters. The van der Waals surface area contributed by atoms with Gasteiger partial charge in [-0.2, -0.15) is 9.78 Å². The second-order valence-electron chi connectivity index (χ2n) is 4.53. The van der Waals surface area contributed by atoms with Crippen molar-refractivity contribution in [1.82, 2.24) is 0 Å². The van der Waals surface area contributed by atoms with Crippen LogP contribution in [-0.4, -0.2) is 27.2 Å². The third-order valence-electron chi connectivity index (χ3n) is 3.59. The minimum atomic E-state index is -1.28. The van der Waals surface area contributed by atoms with Crippen LogP contribution in [0.3, 0.4) is 0 Å². The van der Waals surface area contributed by atoms with E-state index in [9.17, 15) is 5.11 Å². The van der Waals surface area contributed by atoms with Crippen LogP contribution >= 0.6 is 22.6 Å². The summed E-state index contributed by atoms with van der Waals surface area (Å²) in [6, 6.07) is 0. The zero-order chi connectivity index (χ0) is 10.6. The highest BCUT2D eigenvalue weighted by Crippen LogP contribution is 2.58. The first-order chi connectivity index (χ1) is 6.35. The molecule has 0 saturated carbocycles. The predicted octanol–water partition coefficient (Wildman–Crippen LogP) is 1.60. The summed E-state index contributed by atoms with van der Waals surface area (Å²) in [5, 5.41) is 10.1. The molecular formula is C9H15IO4. The molecule has 0 radical (unpaired) electrons. The molecule has 4 nitrogen and oxygen atoms in total. The number of aliphatic hydroxyl groups is 1. The summed E-state index contributed by atoms with van der Waals surface area (Å²) in [5.74, 6) is -2.10. The Morgan fingerprint density at radius 3 is 2.50 bits per heavy atom. The number of halogens is 1. The number of hydrogen-bond donors (Lipinski definition) is 1. The molecule has 2 saturated heterocycles. The highest BCUT2D eigenvalue weighted by Gasteiger charge is 2.70. The van der Waals surface area contributed by atoms with Crippen LogP contribution < -0.4 is 0 Å². The Bertz CT molecular complexity index is 257. The van der Waals surface area contributed by atoms with Crippen molar-refractivity contribution >= 4 is 22.6 Å². The molecule has 82 valence electrons. The minimum Gasteiger partial charge on any atom is -0.363 e. The third kappa shape index (κ3) is 1.19. The number of fused-ring (bicyclic) bond motifs is 1. The van der Waals surface area contributed by atoms with Gasteiger partial charge in [0.2, 0.25) is 11.6 Å². The van der Waals surface area contributed by atoms with Crippen molar-refractivity contribution < 1.29 is 19.6 Å². The summed E-state index contributed by atoms with van der Waals surface area (Å²) in [7, 11) is 0. The summed E-state index contributed by atoms with van der Waals surface area (Å²) in [6.45, 7) is 5.38. The molecule has 0 aromatic rings. The summed E-state index contributed by atoms with van der Waals surface area (Å²) < 4.78 is 6.64. The Morgan fingerprint density at radius 2 is 2.00 bits per heavy atom. The maximum atomic E-state index is 10.1. The van der Waals surface area contributed by atoms with Crippen LogP contribution in [-0.2, 0) is 14.5 Å². The first kappa shape index (κ1) is 11.1. The van der Waals surface area contributed by atoms with Crippen LogP contribution in [0.4, 0.5) is 0 Å². The lowest BCUT2D eigenvalue weighted by Crippen LogP contribution is -2.48. The normalized spacial score (nSPS) is 57.6. The fraction of sp³-hybridized carbons (Fsp3) is 1.00. The second kappa shape index (κ2) is 3.04. The minimum absolute atomic E-state index is 0.126. The SMILES string of the molecule is C[C@]12OO[C@](C)(O)[C@@]1(C)C[C@H](CI)O2. The predicted molar refractivity (Wildman–Crippen MR) is 57.7 cm³/mol. The first-order valence-electron chi connectivity index (χ1n) is 4.68. The molecule has 1 N–H and O–H groups in total. The summed E-state index contributed by atoms with van der Waals surface area (Å²) >= 11 is 2.27. The van der Waals surface area contributed by atoms with Gasteiger partial charge in [-0.3, -0.25) is 0 Å². The molecule has 2 rings (SSSR count). The summed E-state index contributed by atoms with van der Waals surface area (Å²) in [4.78, 5) is 10.1. The average Bonchev–Trinajstić information content (AvgIpc) is 2.46. The molecule has 14 heavy (non-hydrogen) atoms. The molecular weight excluding hydrogens is 299 g/mol. The smallest absolute Gasteiger partial charge is 0.209 e. The van der Waals surface area contributed by atoms with Crippen molar-refractivity contribution in [3.05, 3.63) is 0 Å². The van der Waals surface area contributed by atoms with Gasteiger partial charge in [-0.15, -0.1) is 0 Å². The van der Waals surface area contributed by atoms with Gasteiger partial charge in [0, 0.05) is 4.43 Å². The molecule has 2 aliphatic heterocycles. The largest absolute Gasteiger partial charge is 0.363 e. The Hall–Kier alpha value is 0.570. The maximum absolute atomic E-state index is 10.1. The lowest BCUT2D eigenvalue weighted by molar-refractivity contribution is -0.424. The summed E-state index contributed by atoms with van der Waals surface area (Å²) in [6.07, 6.45) is 0.875. The van der Waals surface area contributed by atoms with Gasteiger partial charge in [-0.1, -0.05) is 22.6 Å². The molecule has 0 aromatic carbocycles. The zero-order valence-corrected chi connectivity index (χ0v) is 10.7. The molecule has 2 heterocycles. The average molecular weight is 314 g/mol. The van der Waals surface area contributed by atoms with Crippen LogP contribution in [0.25, 0.3) is 0 Å². The van der Waals surface area contributed by atoms with Crippen molar-refractivity contribution in [3.8, 4) is 0 Å². The summed E-state index contributed by atoms with van der Waals surface area (Å²) in [5.41, 5.74) is -0.504. The maximum Gasteiger partial charge on any atom is 0.209 e. The molecule has 0 aliphatic carbocycles. The Balaban J connectivity index is 2.33. The van der Waals surface area contributed by atoms with Crippen molar-refractivity contribution in [2.24, 2.45) is 5.41 Å². The second-order valence-corrected chi connectivity index (χ2v) is 5.41. The molecule has 0 amide bonds. The fourth-order valence-corrected chi connectivity index (χ4v) is 2.68. The van der Waals surface area contributed by atoms with Crippen molar-refractivity contribution in [1.29, 1.82) is 0 Å². The third-order valence-corrected chi connectivity index (χ3v) is 4.57.